The quantitative estimate of drug-likeness (QED) is 0.505. The highest BCUT2D eigenvalue weighted by Crippen LogP contribution is 2.26. The third-order valence-corrected chi connectivity index (χ3v) is 5.30. The molecule has 8 nitrogen and oxygen atoms in total. The molecule has 3 heterocycles. The van der Waals surface area contributed by atoms with E-state index in [1.54, 1.807) is 28.9 Å². The maximum atomic E-state index is 14.0. The summed E-state index contributed by atoms with van der Waals surface area (Å²) in [6.07, 6.45) is 2.56. The first kappa shape index (κ1) is 18.4. The Balaban J connectivity index is 1.35. The van der Waals surface area contributed by atoms with Gasteiger partial charge in [-0.2, -0.15) is 4.98 Å². The monoisotopic (exact) mass is 406 g/mol. The van der Waals surface area contributed by atoms with Crippen LogP contribution in [0, 0.1) is 5.82 Å². The van der Waals surface area contributed by atoms with Crippen molar-refractivity contribution in [3.8, 4) is 22.8 Å². The zero-order valence-electron chi connectivity index (χ0n) is 16.2. The molecular formula is C21H19FN6O2. The van der Waals surface area contributed by atoms with Crippen molar-refractivity contribution in [3.63, 3.8) is 0 Å². The first-order valence-electron chi connectivity index (χ1n) is 9.89. The van der Waals surface area contributed by atoms with E-state index in [0.717, 1.165) is 31.4 Å². The highest BCUT2D eigenvalue weighted by atomic mass is 19.1. The Morgan fingerprint density at radius 1 is 1.13 bits per heavy atom. The number of aromatic nitrogens is 5. The number of rotatable bonds is 5. The predicted molar refractivity (Wildman–Crippen MR) is 107 cm³/mol. The van der Waals surface area contributed by atoms with E-state index in [9.17, 15) is 9.18 Å². The Kier molecular flexibility index (Phi) is 4.70. The number of hydrogen-bond donors (Lipinski definition) is 0. The molecule has 30 heavy (non-hydrogen) atoms. The summed E-state index contributed by atoms with van der Waals surface area (Å²) >= 11 is 0. The fourth-order valence-electron chi connectivity index (χ4n) is 3.69. The van der Waals surface area contributed by atoms with Crippen molar-refractivity contribution in [1.82, 2.24) is 30.0 Å². The van der Waals surface area contributed by atoms with Crippen molar-refractivity contribution in [2.45, 2.75) is 25.8 Å². The third kappa shape index (κ3) is 3.42. The van der Waals surface area contributed by atoms with Crippen molar-refractivity contribution < 1.29 is 13.7 Å². The molecule has 1 aliphatic rings. The molecule has 0 spiro atoms. The van der Waals surface area contributed by atoms with Crippen molar-refractivity contribution in [2.75, 3.05) is 13.1 Å². The predicted octanol–water partition coefficient (Wildman–Crippen LogP) is 3.30. The Labute approximate surface area is 171 Å². The lowest BCUT2D eigenvalue weighted by Crippen LogP contribution is -2.28. The Morgan fingerprint density at radius 3 is 2.80 bits per heavy atom. The molecule has 5 rings (SSSR count). The minimum Gasteiger partial charge on any atom is -0.343 e. The number of likely N-dealkylation sites (tertiary alicyclic amines) is 1. The first-order valence-corrected chi connectivity index (χ1v) is 9.89. The third-order valence-electron chi connectivity index (χ3n) is 5.30. The van der Waals surface area contributed by atoms with E-state index >= 15 is 0 Å². The van der Waals surface area contributed by atoms with Gasteiger partial charge in [-0.15, -0.1) is 5.10 Å². The summed E-state index contributed by atoms with van der Waals surface area (Å²) in [5.41, 5.74) is 2.43. The summed E-state index contributed by atoms with van der Waals surface area (Å²) in [6.45, 7) is 2.17. The smallest absolute Gasteiger partial charge is 0.261 e. The van der Waals surface area contributed by atoms with Crippen LogP contribution >= 0.6 is 0 Å². The lowest BCUT2D eigenvalue weighted by molar-refractivity contribution is -0.130. The molecule has 0 atom stereocenters. The molecule has 0 radical (unpaired) electrons. The molecule has 0 bridgehead atoms. The second-order valence-electron chi connectivity index (χ2n) is 7.26. The Morgan fingerprint density at radius 2 is 1.97 bits per heavy atom. The second-order valence-corrected chi connectivity index (χ2v) is 7.26. The number of benzene rings is 2. The van der Waals surface area contributed by atoms with Crippen LogP contribution in [0.2, 0.25) is 0 Å². The minimum absolute atomic E-state index is 0.118. The summed E-state index contributed by atoms with van der Waals surface area (Å²) < 4.78 is 20.9. The van der Waals surface area contributed by atoms with Crippen LogP contribution in [0.5, 0.6) is 0 Å². The average molecular weight is 406 g/mol. The Bertz CT molecular complexity index is 1210. The topological polar surface area (TPSA) is 89.9 Å². The molecule has 4 aromatic rings. The van der Waals surface area contributed by atoms with Gasteiger partial charge in [0.1, 0.15) is 11.3 Å². The van der Waals surface area contributed by atoms with E-state index in [1.165, 1.54) is 6.07 Å². The van der Waals surface area contributed by atoms with E-state index in [2.05, 4.69) is 20.5 Å². The van der Waals surface area contributed by atoms with E-state index in [0.29, 0.717) is 29.9 Å². The molecule has 9 heteroatoms. The largest absolute Gasteiger partial charge is 0.343 e. The van der Waals surface area contributed by atoms with Gasteiger partial charge >= 0.3 is 0 Å². The van der Waals surface area contributed by atoms with Gasteiger partial charge in [0, 0.05) is 25.1 Å². The molecular weight excluding hydrogens is 387 g/mol. The normalized spacial score (nSPS) is 14.0. The highest BCUT2D eigenvalue weighted by molar-refractivity contribution is 5.80. The van der Waals surface area contributed by atoms with Gasteiger partial charge in [-0.1, -0.05) is 22.5 Å². The summed E-state index contributed by atoms with van der Waals surface area (Å²) in [5, 5.41) is 12.3. The zero-order chi connectivity index (χ0) is 20.5. The van der Waals surface area contributed by atoms with E-state index in [-0.39, 0.29) is 17.4 Å². The van der Waals surface area contributed by atoms with Crippen LogP contribution < -0.4 is 0 Å². The van der Waals surface area contributed by atoms with E-state index in [1.807, 2.05) is 17.0 Å². The zero-order valence-corrected chi connectivity index (χ0v) is 16.2. The number of fused-ring (bicyclic) bond motifs is 1. The van der Waals surface area contributed by atoms with Crippen LogP contribution in [-0.4, -0.2) is 49.0 Å². The molecule has 1 aliphatic heterocycles. The summed E-state index contributed by atoms with van der Waals surface area (Å²) in [4.78, 5) is 18.5. The molecule has 0 saturated carbocycles. The fourth-order valence-corrected chi connectivity index (χ4v) is 3.69. The molecule has 1 amide bonds. The lowest BCUT2D eigenvalue weighted by atomic mass is 10.2. The van der Waals surface area contributed by atoms with Gasteiger partial charge in [0.25, 0.3) is 5.89 Å². The van der Waals surface area contributed by atoms with E-state index in [4.69, 9.17) is 4.52 Å². The van der Waals surface area contributed by atoms with Crippen molar-refractivity contribution >= 4 is 16.9 Å². The van der Waals surface area contributed by atoms with Gasteiger partial charge in [-0.05, 0) is 43.2 Å². The number of aryl methyl sites for hydroxylation is 1. The summed E-state index contributed by atoms with van der Waals surface area (Å²) in [6, 6.07) is 11.7. The summed E-state index contributed by atoms with van der Waals surface area (Å²) in [5.74, 6) is 0.191. The Hall–Kier alpha value is -3.62. The van der Waals surface area contributed by atoms with Gasteiger partial charge in [-0.3, -0.25) is 4.79 Å². The molecule has 2 aromatic carbocycles. The molecule has 0 aliphatic carbocycles. The van der Waals surface area contributed by atoms with Crippen LogP contribution in [0.1, 0.15) is 19.3 Å². The van der Waals surface area contributed by atoms with Gasteiger partial charge in [0.2, 0.25) is 11.7 Å². The maximum absolute atomic E-state index is 14.0. The number of carbonyl (C=O) groups is 1. The van der Waals surface area contributed by atoms with Crippen molar-refractivity contribution in [3.05, 3.63) is 48.3 Å². The van der Waals surface area contributed by atoms with Crippen molar-refractivity contribution in [2.24, 2.45) is 0 Å². The number of nitrogens with zero attached hydrogens (tertiary/aromatic N) is 6. The van der Waals surface area contributed by atoms with Crippen molar-refractivity contribution in [1.29, 1.82) is 0 Å². The van der Waals surface area contributed by atoms with Crippen LogP contribution in [0.15, 0.2) is 47.0 Å². The molecule has 0 N–H and O–H groups in total. The standard InChI is InChI=1S/C21H19FN6O2/c22-16-6-2-1-5-15(16)21-23-20(25-30-21)14-7-8-18-17(13-14)24-26-28(18)12-9-19(29)27-10-3-4-11-27/h1-2,5-8,13H,3-4,9-12H2. The van der Waals surface area contributed by atoms with Gasteiger partial charge in [-0.25, -0.2) is 9.07 Å². The molecule has 2 aromatic heterocycles. The molecule has 1 fully saturated rings. The van der Waals surface area contributed by atoms with Gasteiger partial charge < -0.3 is 9.42 Å². The van der Waals surface area contributed by atoms with E-state index < -0.39 is 5.82 Å². The summed E-state index contributed by atoms with van der Waals surface area (Å²) in [7, 11) is 0. The maximum Gasteiger partial charge on any atom is 0.261 e. The number of halogens is 1. The minimum atomic E-state index is -0.422. The number of carbonyl (C=O) groups excluding carboxylic acids is 1. The van der Waals surface area contributed by atoms with Crippen LogP contribution in [0.25, 0.3) is 33.9 Å². The van der Waals surface area contributed by atoms with Gasteiger partial charge in [0.15, 0.2) is 0 Å². The average Bonchev–Trinajstić information content (AvgIpc) is 3.53. The fraction of sp³-hybridized carbons (Fsp3) is 0.286. The van der Waals surface area contributed by atoms with Crippen LogP contribution in [0.4, 0.5) is 4.39 Å². The SMILES string of the molecule is O=C(CCn1nnc2cc(-c3noc(-c4ccccc4F)n3)ccc21)N1CCCC1. The number of hydrogen-bond acceptors (Lipinski definition) is 6. The number of amides is 1. The molecule has 0 unspecified atom stereocenters. The molecule has 1 saturated heterocycles. The van der Waals surface area contributed by atoms with Crippen LogP contribution in [-0.2, 0) is 11.3 Å². The second kappa shape index (κ2) is 7.66. The lowest BCUT2D eigenvalue weighted by Gasteiger charge is -2.14. The van der Waals surface area contributed by atoms with Crippen LogP contribution in [0.3, 0.4) is 0 Å². The first-order chi connectivity index (χ1) is 14.7. The highest BCUT2D eigenvalue weighted by Gasteiger charge is 2.19. The van der Waals surface area contributed by atoms with Gasteiger partial charge in [0.05, 0.1) is 17.6 Å². The molecule has 152 valence electrons.